The molecule has 1 N–H and O–H groups in total. The summed E-state index contributed by atoms with van der Waals surface area (Å²) in [4.78, 5) is 0. The predicted molar refractivity (Wildman–Crippen MR) is 105 cm³/mol. The van der Waals surface area contributed by atoms with E-state index < -0.39 is 0 Å². The molecule has 2 nitrogen and oxygen atoms in total. The summed E-state index contributed by atoms with van der Waals surface area (Å²) in [5.74, 6) is 0. The van der Waals surface area contributed by atoms with Gasteiger partial charge in [-0.3, -0.25) is 0 Å². The van der Waals surface area contributed by atoms with E-state index in [2.05, 4.69) is 31.2 Å². The second-order valence-electron chi connectivity index (χ2n) is 7.08. The van der Waals surface area contributed by atoms with Crippen LogP contribution in [0.5, 0.6) is 0 Å². The molecule has 0 atom stereocenters. The number of hydrogen-bond donors (Lipinski definition) is 1. The van der Waals surface area contributed by atoms with E-state index in [1.165, 1.54) is 81.3 Å². The van der Waals surface area contributed by atoms with Crippen LogP contribution in [-0.4, -0.2) is 23.4 Å². The van der Waals surface area contributed by atoms with Gasteiger partial charge in [-0.15, -0.1) is 0 Å². The molecule has 0 radical (unpaired) electrons. The van der Waals surface area contributed by atoms with Gasteiger partial charge in [-0.2, -0.15) is 5.06 Å². The molecule has 24 heavy (non-hydrogen) atoms. The van der Waals surface area contributed by atoms with Crippen LogP contribution in [0.2, 0.25) is 0 Å². The Hall–Kier alpha value is -0.860. The monoisotopic (exact) mass is 333 g/mol. The molecule has 0 bridgehead atoms. The average Bonchev–Trinajstić information content (AvgIpc) is 2.62. The van der Waals surface area contributed by atoms with Crippen molar-refractivity contribution in [2.24, 2.45) is 0 Å². The van der Waals surface area contributed by atoms with Gasteiger partial charge in [0.15, 0.2) is 0 Å². The SMILES string of the molecule is CCCCCCCCCCCCCCN(O)CCc1ccccc1. The minimum Gasteiger partial charge on any atom is -0.314 e. The maximum absolute atomic E-state index is 9.91. The van der Waals surface area contributed by atoms with Crippen LogP contribution >= 0.6 is 0 Å². The van der Waals surface area contributed by atoms with Crippen molar-refractivity contribution in [3.63, 3.8) is 0 Å². The summed E-state index contributed by atoms with van der Waals surface area (Å²) in [6.07, 6.45) is 17.3. The first-order chi connectivity index (χ1) is 11.8. The Kier molecular flexibility index (Phi) is 13.8. The highest BCUT2D eigenvalue weighted by Crippen LogP contribution is 2.12. The zero-order valence-corrected chi connectivity index (χ0v) is 15.9. The van der Waals surface area contributed by atoms with E-state index in [4.69, 9.17) is 0 Å². The predicted octanol–water partition coefficient (Wildman–Crippen LogP) is 6.62. The van der Waals surface area contributed by atoms with Crippen LogP contribution in [0.15, 0.2) is 30.3 Å². The molecule has 0 aliphatic rings. The molecule has 0 heterocycles. The van der Waals surface area contributed by atoms with Gasteiger partial charge in [-0.05, 0) is 18.4 Å². The van der Waals surface area contributed by atoms with Crippen molar-refractivity contribution in [2.45, 2.75) is 90.4 Å². The van der Waals surface area contributed by atoms with Gasteiger partial charge in [-0.1, -0.05) is 108 Å². The fourth-order valence-corrected chi connectivity index (χ4v) is 3.15. The number of hydrogen-bond acceptors (Lipinski definition) is 2. The summed E-state index contributed by atoms with van der Waals surface area (Å²) in [5, 5.41) is 11.4. The van der Waals surface area contributed by atoms with E-state index in [9.17, 15) is 5.21 Å². The van der Waals surface area contributed by atoms with Gasteiger partial charge in [0.2, 0.25) is 0 Å². The van der Waals surface area contributed by atoms with Crippen LogP contribution < -0.4 is 0 Å². The number of rotatable bonds is 16. The fraction of sp³-hybridized carbons (Fsp3) is 0.727. The first kappa shape index (κ1) is 21.2. The number of hydroxylamine groups is 2. The average molecular weight is 334 g/mol. The molecule has 138 valence electrons. The van der Waals surface area contributed by atoms with Crippen molar-refractivity contribution < 1.29 is 5.21 Å². The maximum atomic E-state index is 9.91. The maximum Gasteiger partial charge on any atom is 0.0278 e. The molecule has 0 fully saturated rings. The Bertz CT molecular complexity index is 365. The third-order valence-corrected chi connectivity index (χ3v) is 4.77. The van der Waals surface area contributed by atoms with Crippen LogP contribution in [0, 0.1) is 0 Å². The van der Waals surface area contributed by atoms with Gasteiger partial charge < -0.3 is 5.21 Å². The normalized spacial score (nSPS) is 11.3. The van der Waals surface area contributed by atoms with Crippen molar-refractivity contribution in [2.75, 3.05) is 13.1 Å². The van der Waals surface area contributed by atoms with Gasteiger partial charge >= 0.3 is 0 Å². The van der Waals surface area contributed by atoms with Crippen molar-refractivity contribution in [3.8, 4) is 0 Å². The van der Waals surface area contributed by atoms with Crippen LogP contribution in [-0.2, 0) is 6.42 Å². The highest BCUT2D eigenvalue weighted by atomic mass is 16.5. The van der Waals surface area contributed by atoms with E-state index in [-0.39, 0.29) is 0 Å². The lowest BCUT2D eigenvalue weighted by Crippen LogP contribution is -2.23. The molecule has 0 aromatic heterocycles. The van der Waals surface area contributed by atoms with Crippen LogP contribution in [0.25, 0.3) is 0 Å². The molecule has 0 spiro atoms. The van der Waals surface area contributed by atoms with Crippen LogP contribution in [0.1, 0.15) is 89.5 Å². The molecule has 0 aliphatic heterocycles. The zero-order valence-electron chi connectivity index (χ0n) is 15.9. The third kappa shape index (κ3) is 12.5. The van der Waals surface area contributed by atoms with Gasteiger partial charge in [0.1, 0.15) is 0 Å². The van der Waals surface area contributed by atoms with E-state index in [1.54, 1.807) is 0 Å². The largest absolute Gasteiger partial charge is 0.314 e. The quantitative estimate of drug-likeness (QED) is 0.271. The van der Waals surface area contributed by atoms with E-state index in [0.29, 0.717) is 0 Å². The van der Waals surface area contributed by atoms with Crippen molar-refractivity contribution >= 4 is 0 Å². The lowest BCUT2D eigenvalue weighted by molar-refractivity contribution is -0.0905. The lowest BCUT2D eigenvalue weighted by Gasteiger charge is -2.14. The van der Waals surface area contributed by atoms with Gasteiger partial charge in [0, 0.05) is 13.1 Å². The number of benzene rings is 1. The minimum absolute atomic E-state index is 0.738. The molecule has 0 aliphatic carbocycles. The summed E-state index contributed by atoms with van der Waals surface area (Å²) in [6, 6.07) is 10.4. The number of nitrogens with zero attached hydrogens (tertiary/aromatic N) is 1. The van der Waals surface area contributed by atoms with Crippen LogP contribution in [0.3, 0.4) is 0 Å². The Morgan fingerprint density at radius 2 is 1.17 bits per heavy atom. The summed E-state index contributed by atoms with van der Waals surface area (Å²) < 4.78 is 0. The molecule has 1 rings (SSSR count). The Labute approximate surface area is 150 Å². The minimum atomic E-state index is 0.738. The Morgan fingerprint density at radius 3 is 1.71 bits per heavy atom. The zero-order chi connectivity index (χ0) is 17.3. The van der Waals surface area contributed by atoms with Crippen molar-refractivity contribution in [1.29, 1.82) is 0 Å². The van der Waals surface area contributed by atoms with E-state index in [1.807, 2.05) is 6.07 Å². The molecule has 2 heteroatoms. The van der Waals surface area contributed by atoms with Gasteiger partial charge in [0.25, 0.3) is 0 Å². The topological polar surface area (TPSA) is 23.5 Å². The summed E-state index contributed by atoms with van der Waals surface area (Å²) >= 11 is 0. The number of unbranched alkanes of at least 4 members (excludes halogenated alkanes) is 11. The van der Waals surface area contributed by atoms with Gasteiger partial charge in [0.05, 0.1) is 0 Å². The summed E-state index contributed by atoms with van der Waals surface area (Å²) in [7, 11) is 0. The highest BCUT2D eigenvalue weighted by molar-refractivity contribution is 5.14. The molecular weight excluding hydrogens is 294 g/mol. The molecule has 0 saturated carbocycles. The Morgan fingerprint density at radius 1 is 0.667 bits per heavy atom. The molecule has 1 aromatic rings. The first-order valence-corrected chi connectivity index (χ1v) is 10.3. The summed E-state index contributed by atoms with van der Waals surface area (Å²) in [5.41, 5.74) is 1.30. The van der Waals surface area contributed by atoms with Crippen molar-refractivity contribution in [1.82, 2.24) is 5.06 Å². The van der Waals surface area contributed by atoms with Gasteiger partial charge in [-0.25, -0.2) is 0 Å². The van der Waals surface area contributed by atoms with E-state index >= 15 is 0 Å². The third-order valence-electron chi connectivity index (χ3n) is 4.77. The van der Waals surface area contributed by atoms with Crippen LogP contribution in [0.4, 0.5) is 0 Å². The molecule has 0 unspecified atom stereocenters. The lowest BCUT2D eigenvalue weighted by atomic mass is 10.1. The first-order valence-electron chi connectivity index (χ1n) is 10.3. The highest BCUT2D eigenvalue weighted by Gasteiger charge is 2.01. The molecule has 1 aromatic carbocycles. The molecule has 0 amide bonds. The fourth-order valence-electron chi connectivity index (χ4n) is 3.15. The standard InChI is InChI=1S/C22H39NO/c1-2-3-4-5-6-7-8-9-10-11-12-16-20-23(24)21-19-22-17-14-13-15-18-22/h13-15,17-18,24H,2-12,16,19-21H2,1H3. The second-order valence-corrected chi connectivity index (χ2v) is 7.08. The van der Waals surface area contributed by atoms with Crippen molar-refractivity contribution in [3.05, 3.63) is 35.9 Å². The second kappa shape index (κ2) is 15.7. The smallest absolute Gasteiger partial charge is 0.0278 e. The Balaban J connectivity index is 1.81. The molecule has 0 saturated heterocycles. The molecular formula is C22H39NO. The summed E-state index contributed by atoms with van der Waals surface area (Å²) in [6.45, 7) is 3.83. The van der Waals surface area contributed by atoms with E-state index in [0.717, 1.165) is 25.9 Å².